The number of benzene rings is 1. The number of carbonyl (C=O) groups excluding carboxylic acids is 1. The molecule has 4 nitrogen and oxygen atoms in total. The molecule has 1 heterocycles. The first-order chi connectivity index (χ1) is 10.6. The molecule has 1 amide bonds. The third kappa shape index (κ3) is 4.24. The molecule has 1 aromatic carbocycles. The van der Waals surface area contributed by atoms with Crippen molar-refractivity contribution in [2.24, 2.45) is 5.41 Å². The van der Waals surface area contributed by atoms with Gasteiger partial charge in [-0.15, -0.1) is 0 Å². The Balaban J connectivity index is 1.92. The number of piperidine rings is 1. The van der Waals surface area contributed by atoms with E-state index in [-0.39, 0.29) is 23.3 Å². The van der Waals surface area contributed by atoms with E-state index < -0.39 is 11.6 Å². The Labute approximate surface area is 129 Å². The van der Waals surface area contributed by atoms with E-state index in [2.05, 4.69) is 10.6 Å². The molecule has 1 fully saturated rings. The van der Waals surface area contributed by atoms with Crippen LogP contribution in [0.4, 0.5) is 8.78 Å². The molecule has 1 aromatic rings. The zero-order valence-electron chi connectivity index (χ0n) is 12.8. The Morgan fingerprint density at radius 3 is 2.77 bits per heavy atom. The number of hydrogen-bond donors (Lipinski definition) is 2. The van der Waals surface area contributed by atoms with Crippen molar-refractivity contribution in [3.05, 3.63) is 35.4 Å². The van der Waals surface area contributed by atoms with Gasteiger partial charge in [-0.2, -0.15) is 0 Å². The van der Waals surface area contributed by atoms with Gasteiger partial charge in [0.2, 0.25) is 5.91 Å². The second-order valence-electron chi connectivity index (χ2n) is 5.85. The van der Waals surface area contributed by atoms with Gasteiger partial charge in [-0.25, -0.2) is 8.78 Å². The lowest BCUT2D eigenvalue weighted by atomic mass is 9.79. The minimum absolute atomic E-state index is 0.0728. The fourth-order valence-electron chi connectivity index (χ4n) is 2.84. The minimum atomic E-state index is -0.953. The first-order valence-electron chi connectivity index (χ1n) is 7.46. The maximum absolute atomic E-state index is 13.6. The maximum atomic E-state index is 13.6. The molecule has 0 spiro atoms. The molecular weight excluding hydrogens is 290 g/mol. The molecule has 0 bridgehead atoms. The summed E-state index contributed by atoms with van der Waals surface area (Å²) in [6.45, 7) is 2.83. The van der Waals surface area contributed by atoms with Crippen molar-refractivity contribution in [3.63, 3.8) is 0 Å². The van der Waals surface area contributed by atoms with Crippen LogP contribution in [0.25, 0.3) is 0 Å². The Morgan fingerprint density at radius 2 is 2.09 bits per heavy atom. The molecule has 1 aliphatic rings. The van der Waals surface area contributed by atoms with Crippen LogP contribution in [0.1, 0.15) is 18.4 Å². The van der Waals surface area contributed by atoms with E-state index in [1.54, 1.807) is 7.11 Å². The van der Waals surface area contributed by atoms with Gasteiger partial charge in [-0.3, -0.25) is 4.79 Å². The third-order valence-corrected chi connectivity index (χ3v) is 4.16. The molecule has 0 atom stereocenters. The minimum Gasteiger partial charge on any atom is -0.384 e. The number of halogens is 2. The standard InChI is InChI=1S/C16H22F2N2O2/c1-22-11-16(5-7-19-8-6-16)10-20-14(21)9-12-3-2-4-13(17)15(12)18/h2-4,19H,5-11H2,1H3,(H,20,21). The molecule has 122 valence electrons. The van der Waals surface area contributed by atoms with Crippen LogP contribution in [0.2, 0.25) is 0 Å². The molecule has 1 aliphatic heterocycles. The van der Waals surface area contributed by atoms with Crippen LogP contribution in [0.5, 0.6) is 0 Å². The Kier molecular flexibility index (Phi) is 5.85. The highest BCUT2D eigenvalue weighted by Crippen LogP contribution is 2.28. The number of ether oxygens (including phenoxy) is 1. The van der Waals surface area contributed by atoms with Crippen LogP contribution in [0.3, 0.4) is 0 Å². The summed E-state index contributed by atoms with van der Waals surface area (Å²) in [5, 5.41) is 6.12. The van der Waals surface area contributed by atoms with E-state index in [4.69, 9.17) is 4.74 Å². The number of nitrogens with one attached hydrogen (secondary N) is 2. The van der Waals surface area contributed by atoms with Crippen LogP contribution in [0.15, 0.2) is 18.2 Å². The van der Waals surface area contributed by atoms with Gasteiger partial charge >= 0.3 is 0 Å². The number of carbonyl (C=O) groups is 1. The first kappa shape index (κ1) is 16.8. The van der Waals surface area contributed by atoms with Gasteiger partial charge in [-0.1, -0.05) is 12.1 Å². The lowest BCUT2D eigenvalue weighted by Crippen LogP contribution is -2.47. The SMILES string of the molecule is COCC1(CNC(=O)Cc2cccc(F)c2F)CCNCC1. The highest BCUT2D eigenvalue weighted by atomic mass is 19.2. The molecule has 22 heavy (non-hydrogen) atoms. The van der Waals surface area contributed by atoms with E-state index >= 15 is 0 Å². The van der Waals surface area contributed by atoms with Crippen LogP contribution in [0, 0.1) is 17.0 Å². The third-order valence-electron chi connectivity index (χ3n) is 4.16. The van der Waals surface area contributed by atoms with E-state index in [1.165, 1.54) is 12.1 Å². The molecular formula is C16H22F2N2O2. The fourth-order valence-corrected chi connectivity index (χ4v) is 2.84. The highest BCUT2D eigenvalue weighted by molar-refractivity contribution is 5.78. The molecule has 0 unspecified atom stereocenters. The fraction of sp³-hybridized carbons (Fsp3) is 0.562. The summed E-state index contributed by atoms with van der Waals surface area (Å²) in [5.41, 5.74) is -0.0144. The summed E-state index contributed by atoms with van der Waals surface area (Å²) < 4.78 is 32.0. The molecule has 2 rings (SSSR count). The summed E-state index contributed by atoms with van der Waals surface area (Å²) in [6.07, 6.45) is 1.66. The Hall–Kier alpha value is -1.53. The van der Waals surface area contributed by atoms with Crippen molar-refractivity contribution in [2.45, 2.75) is 19.3 Å². The van der Waals surface area contributed by atoms with Crippen LogP contribution in [-0.4, -0.2) is 39.3 Å². The van der Waals surface area contributed by atoms with Crippen molar-refractivity contribution in [1.29, 1.82) is 0 Å². The van der Waals surface area contributed by atoms with Gasteiger partial charge in [0.15, 0.2) is 11.6 Å². The molecule has 1 saturated heterocycles. The van der Waals surface area contributed by atoms with Gasteiger partial charge in [-0.05, 0) is 32.0 Å². The predicted molar refractivity (Wildman–Crippen MR) is 79.5 cm³/mol. The zero-order valence-corrected chi connectivity index (χ0v) is 12.8. The topological polar surface area (TPSA) is 50.4 Å². The molecule has 0 radical (unpaired) electrons. The summed E-state index contributed by atoms with van der Waals surface area (Å²) in [7, 11) is 1.65. The largest absolute Gasteiger partial charge is 0.384 e. The van der Waals surface area contributed by atoms with Gasteiger partial charge in [0.1, 0.15) is 0 Å². The van der Waals surface area contributed by atoms with Gasteiger partial charge in [0.25, 0.3) is 0 Å². The van der Waals surface area contributed by atoms with Crippen molar-refractivity contribution in [1.82, 2.24) is 10.6 Å². The van der Waals surface area contributed by atoms with Crippen molar-refractivity contribution in [3.8, 4) is 0 Å². The molecule has 0 aromatic heterocycles. The normalized spacial score (nSPS) is 17.2. The van der Waals surface area contributed by atoms with E-state index in [1.807, 2.05) is 0 Å². The zero-order chi connectivity index (χ0) is 16.0. The summed E-state index contributed by atoms with van der Waals surface area (Å²) in [5.74, 6) is -2.19. The smallest absolute Gasteiger partial charge is 0.224 e. The molecule has 0 saturated carbocycles. The molecule has 6 heteroatoms. The number of methoxy groups -OCH3 is 1. The lowest BCUT2D eigenvalue weighted by Gasteiger charge is -2.37. The maximum Gasteiger partial charge on any atom is 0.224 e. The average molecular weight is 312 g/mol. The van der Waals surface area contributed by atoms with E-state index in [0.29, 0.717) is 13.2 Å². The van der Waals surface area contributed by atoms with Crippen molar-refractivity contribution in [2.75, 3.05) is 33.4 Å². The first-order valence-corrected chi connectivity index (χ1v) is 7.46. The van der Waals surface area contributed by atoms with Crippen LogP contribution >= 0.6 is 0 Å². The van der Waals surface area contributed by atoms with Gasteiger partial charge < -0.3 is 15.4 Å². The molecule has 2 N–H and O–H groups in total. The number of hydrogen-bond acceptors (Lipinski definition) is 3. The second kappa shape index (κ2) is 7.65. The van der Waals surface area contributed by atoms with Crippen molar-refractivity contribution >= 4 is 5.91 Å². The second-order valence-corrected chi connectivity index (χ2v) is 5.85. The monoisotopic (exact) mass is 312 g/mol. The predicted octanol–water partition coefficient (Wildman–Crippen LogP) is 1.64. The number of rotatable bonds is 6. The summed E-state index contributed by atoms with van der Waals surface area (Å²) in [6, 6.07) is 3.87. The average Bonchev–Trinajstić information content (AvgIpc) is 2.51. The lowest BCUT2D eigenvalue weighted by molar-refractivity contribution is -0.121. The quantitative estimate of drug-likeness (QED) is 0.839. The highest BCUT2D eigenvalue weighted by Gasteiger charge is 2.32. The van der Waals surface area contributed by atoms with Crippen molar-refractivity contribution < 1.29 is 18.3 Å². The molecule has 0 aliphatic carbocycles. The van der Waals surface area contributed by atoms with Crippen LogP contribution < -0.4 is 10.6 Å². The Morgan fingerprint density at radius 1 is 1.36 bits per heavy atom. The van der Waals surface area contributed by atoms with E-state index in [0.717, 1.165) is 32.0 Å². The summed E-state index contributed by atoms with van der Waals surface area (Å²) in [4.78, 5) is 12.0. The van der Waals surface area contributed by atoms with Crippen LogP contribution in [-0.2, 0) is 16.0 Å². The van der Waals surface area contributed by atoms with Gasteiger partial charge in [0, 0.05) is 24.6 Å². The number of amides is 1. The van der Waals surface area contributed by atoms with E-state index in [9.17, 15) is 13.6 Å². The van der Waals surface area contributed by atoms with Gasteiger partial charge in [0.05, 0.1) is 13.0 Å². The summed E-state index contributed by atoms with van der Waals surface area (Å²) >= 11 is 0. The Bertz CT molecular complexity index is 511.